The summed E-state index contributed by atoms with van der Waals surface area (Å²) in [4.78, 5) is 0. The first-order valence-corrected chi connectivity index (χ1v) is 4.46. The predicted octanol–water partition coefficient (Wildman–Crippen LogP) is 2.17. The van der Waals surface area contributed by atoms with Crippen LogP contribution in [0.4, 0.5) is 0 Å². The zero-order valence-corrected chi connectivity index (χ0v) is 6.15. The summed E-state index contributed by atoms with van der Waals surface area (Å²) >= 11 is 0. The van der Waals surface area contributed by atoms with Crippen molar-refractivity contribution < 1.29 is 4.52 Å². The lowest BCUT2D eigenvalue weighted by molar-refractivity contribution is 0.338. The van der Waals surface area contributed by atoms with E-state index in [1.165, 1.54) is 31.8 Å². The second-order valence-corrected chi connectivity index (χ2v) is 3.23. The van der Waals surface area contributed by atoms with E-state index in [0.29, 0.717) is 0 Å². The van der Waals surface area contributed by atoms with Crippen LogP contribution in [0.15, 0.2) is 0 Å². The largest absolute Gasteiger partial charge is 0.362 e. The highest BCUT2D eigenvalue weighted by Crippen LogP contribution is 2.19. The molecule has 48 valence electrons. The molecule has 0 N–H and O–H groups in total. The third-order valence-electron chi connectivity index (χ3n) is 1.38. The monoisotopic (exact) mass is 132 g/mol. The highest BCUT2D eigenvalue weighted by Gasteiger charge is 1.95. The molecule has 0 saturated carbocycles. The van der Waals surface area contributed by atoms with Gasteiger partial charge in [0.25, 0.3) is 0 Å². The fourth-order valence-electron chi connectivity index (χ4n) is 0.869. The summed E-state index contributed by atoms with van der Waals surface area (Å²) in [6.07, 6.45) is 6.78. The molecule has 0 aromatic carbocycles. The van der Waals surface area contributed by atoms with Crippen LogP contribution >= 0.6 is 8.81 Å². The molecule has 1 unspecified atom stereocenters. The maximum Gasteiger partial charge on any atom is 0.0505 e. The molecule has 0 aromatic rings. The Balaban J connectivity index is 2.00. The van der Waals surface area contributed by atoms with Crippen molar-refractivity contribution in [3.8, 4) is 0 Å². The topological polar surface area (TPSA) is 9.23 Å². The number of hydrogen-bond acceptors (Lipinski definition) is 1. The Morgan fingerprint density at radius 3 is 2.88 bits per heavy atom. The van der Waals surface area contributed by atoms with Gasteiger partial charge in [-0.05, 0) is 19.0 Å². The molecule has 1 saturated heterocycles. The molecular weight excluding hydrogens is 119 g/mol. The molecule has 1 heterocycles. The molecule has 8 heavy (non-hydrogen) atoms. The molecule has 0 spiro atoms. The van der Waals surface area contributed by atoms with Crippen LogP contribution < -0.4 is 0 Å². The van der Waals surface area contributed by atoms with Crippen molar-refractivity contribution in [3.63, 3.8) is 0 Å². The minimum absolute atomic E-state index is 0.790. The van der Waals surface area contributed by atoms with Gasteiger partial charge in [0.05, 0.1) is 6.61 Å². The van der Waals surface area contributed by atoms with Gasteiger partial charge in [-0.2, -0.15) is 0 Å². The first-order chi connectivity index (χ1) is 4.00. The van der Waals surface area contributed by atoms with Crippen LogP contribution in [0.25, 0.3) is 0 Å². The summed E-state index contributed by atoms with van der Waals surface area (Å²) in [7, 11) is 0.790. The van der Waals surface area contributed by atoms with Gasteiger partial charge in [0.1, 0.15) is 0 Å². The van der Waals surface area contributed by atoms with E-state index in [4.69, 9.17) is 4.52 Å². The van der Waals surface area contributed by atoms with Crippen molar-refractivity contribution in [2.75, 3.05) is 12.8 Å². The van der Waals surface area contributed by atoms with Gasteiger partial charge in [-0.1, -0.05) is 12.8 Å². The molecule has 1 rings (SSSR count). The molecule has 1 nitrogen and oxygen atoms in total. The predicted molar refractivity (Wildman–Crippen MR) is 37.6 cm³/mol. The van der Waals surface area contributed by atoms with Crippen LogP contribution in [-0.2, 0) is 4.52 Å². The van der Waals surface area contributed by atoms with Gasteiger partial charge in [-0.15, -0.1) is 0 Å². The van der Waals surface area contributed by atoms with Crippen LogP contribution in [0.3, 0.4) is 0 Å². The molecule has 1 fully saturated rings. The van der Waals surface area contributed by atoms with Crippen LogP contribution in [0.2, 0.25) is 0 Å². The normalized spacial score (nSPS) is 27.0. The van der Waals surface area contributed by atoms with Gasteiger partial charge in [-0.3, -0.25) is 0 Å². The van der Waals surface area contributed by atoms with Gasteiger partial charge in [0, 0.05) is 8.81 Å². The summed E-state index contributed by atoms with van der Waals surface area (Å²) in [5.41, 5.74) is 0. The fraction of sp³-hybridized carbons (Fsp3) is 1.00. The van der Waals surface area contributed by atoms with E-state index in [1.807, 2.05) is 0 Å². The van der Waals surface area contributed by atoms with Gasteiger partial charge in [0.2, 0.25) is 0 Å². The highest BCUT2D eigenvalue weighted by atomic mass is 31.1. The summed E-state index contributed by atoms with van der Waals surface area (Å²) in [5.74, 6) is 0. The van der Waals surface area contributed by atoms with Gasteiger partial charge >= 0.3 is 0 Å². The molecular formula is C6H13OP. The van der Waals surface area contributed by atoms with Crippen LogP contribution in [-0.4, -0.2) is 12.8 Å². The van der Waals surface area contributed by atoms with E-state index in [9.17, 15) is 0 Å². The lowest BCUT2D eigenvalue weighted by Crippen LogP contribution is -1.92. The second-order valence-electron chi connectivity index (χ2n) is 2.16. The first kappa shape index (κ1) is 6.51. The summed E-state index contributed by atoms with van der Waals surface area (Å²) < 4.78 is 5.30. The third-order valence-corrected chi connectivity index (χ3v) is 2.34. The Morgan fingerprint density at radius 2 is 1.88 bits per heavy atom. The molecule has 0 bridgehead atoms. The van der Waals surface area contributed by atoms with Crippen LogP contribution in [0.1, 0.15) is 25.7 Å². The average Bonchev–Trinajstić information content (AvgIpc) is 1.62. The lowest BCUT2D eigenvalue weighted by Gasteiger charge is -2.07. The minimum Gasteiger partial charge on any atom is -0.362 e. The van der Waals surface area contributed by atoms with Crippen molar-refractivity contribution >= 4 is 8.81 Å². The van der Waals surface area contributed by atoms with E-state index in [2.05, 4.69) is 0 Å². The van der Waals surface area contributed by atoms with Crippen molar-refractivity contribution in [2.24, 2.45) is 0 Å². The van der Waals surface area contributed by atoms with E-state index in [0.717, 1.165) is 15.4 Å². The summed E-state index contributed by atoms with van der Waals surface area (Å²) in [6, 6.07) is 0. The van der Waals surface area contributed by atoms with Crippen LogP contribution in [0, 0.1) is 0 Å². The van der Waals surface area contributed by atoms with Gasteiger partial charge in [0.15, 0.2) is 0 Å². The van der Waals surface area contributed by atoms with Crippen molar-refractivity contribution in [3.05, 3.63) is 0 Å². The number of hydrogen-bond donors (Lipinski definition) is 0. The Morgan fingerprint density at radius 1 is 1.00 bits per heavy atom. The standard InChI is InChI=1S/C6H13OP/c1-2-4-6-8-7-5-3-1/h8H,1-6H2. The van der Waals surface area contributed by atoms with Gasteiger partial charge in [-0.25, -0.2) is 0 Å². The SMILES string of the molecule is C1CCCPOCC1. The maximum atomic E-state index is 5.30. The Hall–Kier alpha value is 0.390. The summed E-state index contributed by atoms with van der Waals surface area (Å²) in [6.45, 7) is 1.01. The molecule has 0 aromatic heterocycles. The highest BCUT2D eigenvalue weighted by molar-refractivity contribution is 7.32. The molecule has 2 heteroatoms. The zero-order chi connectivity index (χ0) is 5.66. The molecule has 0 aliphatic carbocycles. The fourth-order valence-corrected chi connectivity index (χ4v) is 1.70. The third kappa shape index (κ3) is 2.64. The van der Waals surface area contributed by atoms with E-state index >= 15 is 0 Å². The molecule has 1 aliphatic rings. The van der Waals surface area contributed by atoms with Crippen molar-refractivity contribution in [2.45, 2.75) is 25.7 Å². The Kier molecular flexibility index (Phi) is 3.49. The average molecular weight is 132 g/mol. The smallest absolute Gasteiger partial charge is 0.0505 e. The van der Waals surface area contributed by atoms with Crippen molar-refractivity contribution in [1.82, 2.24) is 0 Å². The van der Waals surface area contributed by atoms with E-state index in [-0.39, 0.29) is 0 Å². The lowest BCUT2D eigenvalue weighted by atomic mass is 10.2. The maximum absolute atomic E-state index is 5.30. The Labute approximate surface area is 52.7 Å². The number of rotatable bonds is 0. The Bertz CT molecular complexity index is 32.5. The molecule has 1 aliphatic heterocycles. The summed E-state index contributed by atoms with van der Waals surface area (Å²) in [5, 5.41) is 0. The van der Waals surface area contributed by atoms with E-state index in [1.54, 1.807) is 0 Å². The quantitative estimate of drug-likeness (QED) is 0.459. The second kappa shape index (κ2) is 4.29. The molecule has 1 atom stereocenters. The zero-order valence-electron chi connectivity index (χ0n) is 5.15. The van der Waals surface area contributed by atoms with E-state index < -0.39 is 0 Å². The minimum atomic E-state index is 0.790. The van der Waals surface area contributed by atoms with Crippen molar-refractivity contribution in [1.29, 1.82) is 0 Å². The van der Waals surface area contributed by atoms with Gasteiger partial charge < -0.3 is 4.52 Å². The first-order valence-electron chi connectivity index (χ1n) is 3.35. The molecule has 0 amide bonds. The molecule has 0 radical (unpaired) electrons. The van der Waals surface area contributed by atoms with Crippen LogP contribution in [0.5, 0.6) is 0 Å².